The second kappa shape index (κ2) is 5.19. The Hall–Kier alpha value is -0.510. The molecule has 4 heteroatoms. The lowest BCUT2D eigenvalue weighted by Gasteiger charge is -1.97. The Kier molecular flexibility index (Phi) is 4.14. The zero-order valence-electron chi connectivity index (χ0n) is 7.05. The van der Waals surface area contributed by atoms with Crippen LogP contribution in [-0.2, 0) is 5.33 Å². The topological polar surface area (TPSA) is 35.3 Å². The molecule has 0 radical (unpaired) electrons. The standard InChI is InChI=1S/C8H12BrNO2/c1-2-3-4-11-8-5-7(6-9)12-10-8/h5H,2-4,6H2,1H3. The van der Waals surface area contributed by atoms with E-state index in [0.29, 0.717) is 17.8 Å². The number of halogens is 1. The van der Waals surface area contributed by atoms with E-state index in [1.165, 1.54) is 0 Å². The molecule has 0 aliphatic rings. The molecule has 0 spiro atoms. The Bertz CT molecular complexity index is 225. The number of ether oxygens (including phenoxy) is 1. The van der Waals surface area contributed by atoms with E-state index in [1.54, 1.807) is 6.07 Å². The van der Waals surface area contributed by atoms with E-state index in [2.05, 4.69) is 28.0 Å². The molecule has 1 heterocycles. The predicted molar refractivity (Wildman–Crippen MR) is 49.5 cm³/mol. The fourth-order valence-electron chi connectivity index (χ4n) is 0.746. The summed E-state index contributed by atoms with van der Waals surface area (Å²) in [5.74, 6) is 1.37. The maximum atomic E-state index is 5.30. The maximum Gasteiger partial charge on any atom is 0.254 e. The van der Waals surface area contributed by atoms with Crippen molar-refractivity contribution < 1.29 is 9.26 Å². The molecule has 12 heavy (non-hydrogen) atoms. The summed E-state index contributed by atoms with van der Waals surface area (Å²) in [4.78, 5) is 0. The smallest absolute Gasteiger partial charge is 0.254 e. The molecule has 0 aliphatic carbocycles. The van der Waals surface area contributed by atoms with E-state index in [-0.39, 0.29) is 0 Å². The van der Waals surface area contributed by atoms with E-state index in [9.17, 15) is 0 Å². The van der Waals surface area contributed by atoms with Gasteiger partial charge in [-0.2, -0.15) is 0 Å². The molecule has 0 unspecified atom stereocenters. The van der Waals surface area contributed by atoms with Gasteiger partial charge in [-0.15, -0.1) is 0 Å². The lowest BCUT2D eigenvalue weighted by atomic mass is 10.4. The number of hydrogen-bond acceptors (Lipinski definition) is 3. The molecule has 0 saturated heterocycles. The van der Waals surface area contributed by atoms with Gasteiger partial charge in [-0.1, -0.05) is 29.3 Å². The highest BCUT2D eigenvalue weighted by Gasteiger charge is 2.02. The summed E-state index contributed by atoms with van der Waals surface area (Å²) in [5.41, 5.74) is 0. The van der Waals surface area contributed by atoms with Gasteiger partial charge in [0.15, 0.2) is 5.76 Å². The zero-order chi connectivity index (χ0) is 8.81. The maximum absolute atomic E-state index is 5.30. The molecule has 0 amide bonds. The van der Waals surface area contributed by atoms with Crippen molar-refractivity contribution in [3.63, 3.8) is 0 Å². The summed E-state index contributed by atoms with van der Waals surface area (Å²) >= 11 is 3.26. The largest absolute Gasteiger partial charge is 0.476 e. The summed E-state index contributed by atoms with van der Waals surface area (Å²) in [6, 6.07) is 1.80. The van der Waals surface area contributed by atoms with Gasteiger partial charge in [0.2, 0.25) is 0 Å². The van der Waals surface area contributed by atoms with Crippen molar-refractivity contribution in [2.24, 2.45) is 0 Å². The highest BCUT2D eigenvalue weighted by Crippen LogP contribution is 2.13. The average molecular weight is 234 g/mol. The molecule has 0 aliphatic heterocycles. The quantitative estimate of drug-likeness (QED) is 0.580. The van der Waals surface area contributed by atoms with Gasteiger partial charge < -0.3 is 9.26 Å². The fraction of sp³-hybridized carbons (Fsp3) is 0.625. The van der Waals surface area contributed by atoms with Crippen LogP contribution in [0.2, 0.25) is 0 Å². The Morgan fingerprint density at radius 2 is 2.50 bits per heavy atom. The van der Waals surface area contributed by atoms with Crippen molar-refractivity contribution in [2.45, 2.75) is 25.1 Å². The molecule has 0 fully saturated rings. The number of alkyl halides is 1. The number of aromatic nitrogens is 1. The van der Waals surface area contributed by atoms with Crippen molar-refractivity contribution in [3.8, 4) is 5.88 Å². The second-order valence-corrected chi connectivity index (χ2v) is 3.03. The van der Waals surface area contributed by atoms with Crippen LogP contribution < -0.4 is 4.74 Å². The first-order valence-electron chi connectivity index (χ1n) is 4.01. The van der Waals surface area contributed by atoms with Crippen LogP contribution in [0.4, 0.5) is 0 Å². The van der Waals surface area contributed by atoms with Gasteiger partial charge in [0.05, 0.1) is 11.9 Å². The van der Waals surface area contributed by atoms with Crippen LogP contribution in [0.3, 0.4) is 0 Å². The highest BCUT2D eigenvalue weighted by atomic mass is 79.9. The molecule has 68 valence electrons. The molecule has 1 aromatic heterocycles. The fourth-order valence-corrected chi connectivity index (χ4v) is 1.01. The van der Waals surface area contributed by atoms with E-state index in [0.717, 1.165) is 18.6 Å². The molecule has 0 saturated carbocycles. The van der Waals surface area contributed by atoms with Crippen molar-refractivity contribution in [3.05, 3.63) is 11.8 Å². The van der Waals surface area contributed by atoms with Crippen LogP contribution in [0, 0.1) is 0 Å². The molecule has 0 aromatic carbocycles. The van der Waals surface area contributed by atoms with Gasteiger partial charge in [-0.3, -0.25) is 0 Å². The van der Waals surface area contributed by atoms with E-state index < -0.39 is 0 Å². The van der Waals surface area contributed by atoms with Crippen LogP contribution >= 0.6 is 15.9 Å². The second-order valence-electron chi connectivity index (χ2n) is 2.47. The Morgan fingerprint density at radius 3 is 3.08 bits per heavy atom. The van der Waals surface area contributed by atoms with Gasteiger partial charge in [0.1, 0.15) is 0 Å². The molecule has 3 nitrogen and oxygen atoms in total. The first kappa shape index (κ1) is 9.58. The van der Waals surface area contributed by atoms with Crippen LogP contribution in [0.15, 0.2) is 10.6 Å². The van der Waals surface area contributed by atoms with Crippen molar-refractivity contribution >= 4 is 15.9 Å². The molecule has 1 rings (SSSR count). The third kappa shape index (κ3) is 2.85. The minimum atomic E-state index is 0.581. The Labute approximate surface area is 80.2 Å². The van der Waals surface area contributed by atoms with Gasteiger partial charge >= 0.3 is 0 Å². The van der Waals surface area contributed by atoms with E-state index in [1.807, 2.05) is 0 Å². The average Bonchev–Trinajstić information content (AvgIpc) is 2.53. The van der Waals surface area contributed by atoms with Gasteiger partial charge in [-0.25, -0.2) is 0 Å². The number of rotatable bonds is 5. The first-order valence-corrected chi connectivity index (χ1v) is 5.13. The van der Waals surface area contributed by atoms with Crippen LogP contribution in [-0.4, -0.2) is 11.8 Å². The summed E-state index contributed by atoms with van der Waals surface area (Å²) in [6.45, 7) is 2.83. The van der Waals surface area contributed by atoms with E-state index >= 15 is 0 Å². The molecule has 0 N–H and O–H groups in total. The SMILES string of the molecule is CCCCOc1cc(CBr)on1. The molecule has 0 atom stereocenters. The monoisotopic (exact) mass is 233 g/mol. The summed E-state index contributed by atoms with van der Waals surface area (Å²) in [5, 5.41) is 4.41. The highest BCUT2D eigenvalue weighted by molar-refractivity contribution is 9.08. The van der Waals surface area contributed by atoms with Crippen LogP contribution in [0.25, 0.3) is 0 Å². The number of nitrogens with zero attached hydrogens (tertiary/aromatic N) is 1. The normalized spacial score (nSPS) is 10.2. The number of unbranched alkanes of at least 4 members (excludes halogenated alkanes) is 1. The predicted octanol–water partition coefficient (Wildman–Crippen LogP) is 2.75. The molecular formula is C8H12BrNO2. The molecular weight excluding hydrogens is 222 g/mol. The summed E-state index contributed by atoms with van der Waals surface area (Å²) < 4.78 is 10.2. The van der Waals surface area contributed by atoms with Gasteiger partial charge in [-0.05, 0) is 11.6 Å². The minimum Gasteiger partial charge on any atom is -0.476 e. The first-order chi connectivity index (χ1) is 5.86. The van der Waals surface area contributed by atoms with Gasteiger partial charge in [0, 0.05) is 6.07 Å². The molecule has 1 aromatic rings. The lowest BCUT2D eigenvalue weighted by molar-refractivity contribution is 0.271. The minimum absolute atomic E-state index is 0.581. The van der Waals surface area contributed by atoms with E-state index in [4.69, 9.17) is 9.26 Å². The summed E-state index contributed by atoms with van der Waals surface area (Å²) in [6.07, 6.45) is 2.18. The van der Waals surface area contributed by atoms with Crippen molar-refractivity contribution in [2.75, 3.05) is 6.61 Å². The third-order valence-electron chi connectivity index (χ3n) is 1.42. The number of hydrogen-bond donors (Lipinski definition) is 0. The Balaban J connectivity index is 2.31. The zero-order valence-corrected chi connectivity index (χ0v) is 8.63. The summed E-state index contributed by atoms with van der Waals surface area (Å²) in [7, 11) is 0. The molecule has 0 bridgehead atoms. The van der Waals surface area contributed by atoms with Crippen LogP contribution in [0.1, 0.15) is 25.5 Å². The Morgan fingerprint density at radius 1 is 1.67 bits per heavy atom. The van der Waals surface area contributed by atoms with Crippen molar-refractivity contribution in [1.82, 2.24) is 5.16 Å². The lowest BCUT2D eigenvalue weighted by Crippen LogP contribution is -1.95. The van der Waals surface area contributed by atoms with Gasteiger partial charge in [0.25, 0.3) is 5.88 Å². The van der Waals surface area contributed by atoms with Crippen molar-refractivity contribution in [1.29, 1.82) is 0 Å². The van der Waals surface area contributed by atoms with Crippen LogP contribution in [0.5, 0.6) is 5.88 Å². The third-order valence-corrected chi connectivity index (χ3v) is 1.97.